The van der Waals surface area contributed by atoms with E-state index in [0.29, 0.717) is 5.75 Å². The standard InChI is InChI=1S/C19H25NO4S/c1-13-8-6-7-9-16(13)18(24-5)12-20-25(21,22)19-11-15(3)14(2)10-17(19)23-4/h6-11,18,20H,12H2,1-5H3. The summed E-state index contributed by atoms with van der Waals surface area (Å²) in [6, 6.07) is 11.1. The highest BCUT2D eigenvalue weighted by Gasteiger charge is 2.23. The predicted octanol–water partition coefficient (Wildman–Crippen LogP) is 3.29. The van der Waals surface area contributed by atoms with E-state index < -0.39 is 10.0 Å². The molecule has 2 aromatic carbocycles. The highest BCUT2D eigenvalue weighted by Crippen LogP contribution is 2.28. The van der Waals surface area contributed by atoms with Crippen LogP contribution < -0.4 is 9.46 Å². The zero-order chi connectivity index (χ0) is 18.6. The molecule has 0 amide bonds. The molecule has 2 rings (SSSR count). The van der Waals surface area contributed by atoms with E-state index in [-0.39, 0.29) is 17.5 Å². The van der Waals surface area contributed by atoms with Crippen LogP contribution in [0.4, 0.5) is 0 Å². The number of rotatable bonds is 7. The molecule has 0 aliphatic carbocycles. The van der Waals surface area contributed by atoms with Crippen molar-refractivity contribution in [2.24, 2.45) is 0 Å². The van der Waals surface area contributed by atoms with Gasteiger partial charge in [0.1, 0.15) is 10.6 Å². The largest absolute Gasteiger partial charge is 0.495 e. The third-order valence-corrected chi connectivity index (χ3v) is 5.79. The molecule has 0 saturated carbocycles. The first-order valence-electron chi connectivity index (χ1n) is 8.03. The van der Waals surface area contributed by atoms with Gasteiger partial charge in [-0.05, 0) is 55.2 Å². The summed E-state index contributed by atoms with van der Waals surface area (Å²) < 4.78 is 38.9. The van der Waals surface area contributed by atoms with Crippen molar-refractivity contribution in [2.75, 3.05) is 20.8 Å². The number of nitrogens with one attached hydrogen (secondary N) is 1. The number of hydrogen-bond donors (Lipinski definition) is 1. The second kappa shape index (κ2) is 7.99. The second-order valence-electron chi connectivity index (χ2n) is 6.02. The molecule has 0 radical (unpaired) electrons. The average Bonchev–Trinajstić information content (AvgIpc) is 2.58. The van der Waals surface area contributed by atoms with E-state index in [1.807, 2.05) is 45.0 Å². The van der Waals surface area contributed by atoms with Gasteiger partial charge in [-0.15, -0.1) is 0 Å². The maximum atomic E-state index is 12.8. The van der Waals surface area contributed by atoms with Crippen LogP contribution >= 0.6 is 0 Å². The summed E-state index contributed by atoms with van der Waals surface area (Å²) in [6.07, 6.45) is -0.367. The van der Waals surface area contributed by atoms with Crippen molar-refractivity contribution >= 4 is 10.0 Å². The van der Waals surface area contributed by atoms with Gasteiger partial charge in [-0.25, -0.2) is 13.1 Å². The minimum atomic E-state index is -3.72. The highest BCUT2D eigenvalue weighted by atomic mass is 32.2. The Kier molecular flexibility index (Phi) is 6.21. The summed E-state index contributed by atoms with van der Waals surface area (Å²) in [6.45, 7) is 5.90. The summed E-state index contributed by atoms with van der Waals surface area (Å²) >= 11 is 0. The Morgan fingerprint density at radius 3 is 2.24 bits per heavy atom. The molecular weight excluding hydrogens is 338 g/mol. The number of ether oxygens (including phenoxy) is 2. The monoisotopic (exact) mass is 363 g/mol. The molecule has 0 fully saturated rings. The zero-order valence-corrected chi connectivity index (χ0v) is 16.1. The molecule has 0 spiro atoms. The van der Waals surface area contributed by atoms with Crippen molar-refractivity contribution in [3.8, 4) is 5.75 Å². The Balaban J connectivity index is 2.27. The predicted molar refractivity (Wildman–Crippen MR) is 98.6 cm³/mol. The second-order valence-corrected chi connectivity index (χ2v) is 7.76. The molecule has 0 bridgehead atoms. The van der Waals surface area contributed by atoms with Gasteiger partial charge in [0.05, 0.1) is 13.2 Å². The smallest absolute Gasteiger partial charge is 0.244 e. The Labute approximate surface area is 150 Å². The lowest BCUT2D eigenvalue weighted by Crippen LogP contribution is -2.30. The van der Waals surface area contributed by atoms with Crippen molar-refractivity contribution in [1.82, 2.24) is 4.72 Å². The maximum absolute atomic E-state index is 12.8. The molecule has 25 heavy (non-hydrogen) atoms. The van der Waals surface area contributed by atoms with E-state index >= 15 is 0 Å². The molecule has 136 valence electrons. The molecule has 1 N–H and O–H groups in total. The fourth-order valence-corrected chi connectivity index (χ4v) is 3.93. The first-order valence-corrected chi connectivity index (χ1v) is 9.51. The Morgan fingerprint density at radius 1 is 1.00 bits per heavy atom. The topological polar surface area (TPSA) is 64.6 Å². The number of methoxy groups -OCH3 is 2. The number of hydrogen-bond acceptors (Lipinski definition) is 4. The summed E-state index contributed by atoms with van der Waals surface area (Å²) in [5, 5.41) is 0. The molecule has 2 aromatic rings. The minimum Gasteiger partial charge on any atom is -0.495 e. The van der Waals surface area contributed by atoms with Gasteiger partial charge in [0.15, 0.2) is 0 Å². The Hall–Kier alpha value is -1.89. The molecule has 0 aliphatic heterocycles. The average molecular weight is 363 g/mol. The molecule has 0 aromatic heterocycles. The molecule has 1 unspecified atom stereocenters. The van der Waals surface area contributed by atoms with E-state index in [1.165, 1.54) is 7.11 Å². The number of benzene rings is 2. The van der Waals surface area contributed by atoms with Gasteiger partial charge < -0.3 is 9.47 Å². The van der Waals surface area contributed by atoms with Crippen LogP contribution in [0.2, 0.25) is 0 Å². The van der Waals surface area contributed by atoms with Gasteiger partial charge in [-0.1, -0.05) is 24.3 Å². The van der Waals surface area contributed by atoms with Gasteiger partial charge in [-0.2, -0.15) is 0 Å². The van der Waals surface area contributed by atoms with E-state index in [9.17, 15) is 8.42 Å². The third-order valence-electron chi connectivity index (χ3n) is 4.35. The first kappa shape index (κ1) is 19.4. The molecule has 0 saturated heterocycles. The zero-order valence-electron chi connectivity index (χ0n) is 15.3. The number of sulfonamides is 1. The molecular formula is C19H25NO4S. The normalized spacial score (nSPS) is 12.8. The summed E-state index contributed by atoms with van der Waals surface area (Å²) in [7, 11) is -0.685. The van der Waals surface area contributed by atoms with Gasteiger partial charge >= 0.3 is 0 Å². The molecule has 1 atom stereocenters. The van der Waals surface area contributed by atoms with Crippen molar-refractivity contribution in [1.29, 1.82) is 0 Å². The summed E-state index contributed by atoms with van der Waals surface area (Å²) in [5.74, 6) is 0.334. The quantitative estimate of drug-likeness (QED) is 0.820. The van der Waals surface area contributed by atoms with Crippen LogP contribution in [0.5, 0.6) is 5.75 Å². The molecule has 0 aliphatic rings. The molecule has 6 heteroatoms. The van der Waals surface area contributed by atoms with Crippen LogP contribution in [0, 0.1) is 20.8 Å². The van der Waals surface area contributed by atoms with E-state index in [0.717, 1.165) is 22.3 Å². The third kappa shape index (κ3) is 4.39. The van der Waals surface area contributed by atoms with Crippen LogP contribution in [0.1, 0.15) is 28.4 Å². The van der Waals surface area contributed by atoms with Crippen LogP contribution in [-0.4, -0.2) is 29.2 Å². The fourth-order valence-electron chi connectivity index (χ4n) is 2.66. The Morgan fingerprint density at radius 2 is 1.64 bits per heavy atom. The van der Waals surface area contributed by atoms with Gasteiger partial charge in [0.2, 0.25) is 10.0 Å². The lowest BCUT2D eigenvalue weighted by atomic mass is 10.0. The Bertz CT molecular complexity index is 846. The van der Waals surface area contributed by atoms with Gasteiger partial charge in [0, 0.05) is 13.7 Å². The number of aryl methyl sites for hydroxylation is 3. The van der Waals surface area contributed by atoms with Crippen LogP contribution in [0.15, 0.2) is 41.3 Å². The van der Waals surface area contributed by atoms with Crippen molar-refractivity contribution < 1.29 is 17.9 Å². The van der Waals surface area contributed by atoms with Crippen LogP contribution in [-0.2, 0) is 14.8 Å². The van der Waals surface area contributed by atoms with Crippen LogP contribution in [0.3, 0.4) is 0 Å². The van der Waals surface area contributed by atoms with Gasteiger partial charge in [0.25, 0.3) is 0 Å². The first-order chi connectivity index (χ1) is 11.8. The SMILES string of the molecule is COc1cc(C)c(C)cc1S(=O)(=O)NCC(OC)c1ccccc1C. The van der Waals surface area contributed by atoms with Crippen LogP contribution in [0.25, 0.3) is 0 Å². The van der Waals surface area contributed by atoms with E-state index in [4.69, 9.17) is 9.47 Å². The molecule has 5 nitrogen and oxygen atoms in total. The maximum Gasteiger partial charge on any atom is 0.244 e. The lowest BCUT2D eigenvalue weighted by Gasteiger charge is -2.19. The van der Waals surface area contributed by atoms with Crippen molar-refractivity contribution in [3.05, 3.63) is 58.7 Å². The lowest BCUT2D eigenvalue weighted by molar-refractivity contribution is 0.107. The summed E-state index contributed by atoms with van der Waals surface area (Å²) in [4.78, 5) is 0.137. The van der Waals surface area contributed by atoms with E-state index in [2.05, 4.69) is 4.72 Å². The summed E-state index contributed by atoms with van der Waals surface area (Å²) in [5.41, 5.74) is 3.88. The molecule has 0 heterocycles. The van der Waals surface area contributed by atoms with Crippen molar-refractivity contribution in [2.45, 2.75) is 31.8 Å². The minimum absolute atomic E-state index is 0.137. The highest BCUT2D eigenvalue weighted by molar-refractivity contribution is 7.89. The fraction of sp³-hybridized carbons (Fsp3) is 0.368. The van der Waals surface area contributed by atoms with E-state index in [1.54, 1.807) is 19.2 Å². The van der Waals surface area contributed by atoms with Gasteiger partial charge in [-0.3, -0.25) is 0 Å². The van der Waals surface area contributed by atoms with Crippen molar-refractivity contribution in [3.63, 3.8) is 0 Å².